The smallest absolute Gasteiger partial charge is 0.187 e. The first-order chi connectivity index (χ1) is 12.4. The van der Waals surface area contributed by atoms with Crippen LogP contribution in [-0.2, 0) is 4.79 Å². The summed E-state index contributed by atoms with van der Waals surface area (Å²) in [4.78, 5) is 15.3. The van der Waals surface area contributed by atoms with Crippen LogP contribution in [0.5, 0.6) is 0 Å². The molecular formula is C22H21Cl2NO. The van der Waals surface area contributed by atoms with Crippen molar-refractivity contribution in [2.75, 3.05) is 13.1 Å². The highest BCUT2D eigenvalue weighted by Crippen LogP contribution is 2.24. The van der Waals surface area contributed by atoms with Crippen molar-refractivity contribution in [1.82, 2.24) is 4.90 Å². The quantitative estimate of drug-likeness (QED) is 0.626. The van der Waals surface area contributed by atoms with E-state index in [1.807, 2.05) is 60.7 Å². The molecule has 0 saturated carbocycles. The van der Waals surface area contributed by atoms with Crippen LogP contribution in [0.2, 0.25) is 10.0 Å². The standard InChI is InChI=1S/C22H21Cl2NO/c1-15(2)25-13-18(11-16-3-7-20(23)8-4-16)22(26)19(14-25)12-17-5-9-21(24)10-6-17/h3-12,15H,13-14H2,1-2H3/b18-11-,19-12-. The molecule has 1 heterocycles. The van der Waals surface area contributed by atoms with E-state index in [1.165, 1.54) is 0 Å². The van der Waals surface area contributed by atoms with Gasteiger partial charge in [-0.05, 0) is 61.4 Å². The maximum Gasteiger partial charge on any atom is 0.187 e. The van der Waals surface area contributed by atoms with Gasteiger partial charge in [0.2, 0.25) is 0 Å². The summed E-state index contributed by atoms with van der Waals surface area (Å²) in [6.45, 7) is 5.60. The van der Waals surface area contributed by atoms with E-state index in [0.717, 1.165) is 22.3 Å². The lowest BCUT2D eigenvalue weighted by Crippen LogP contribution is -2.41. The Hall–Kier alpha value is -1.87. The molecule has 0 aliphatic carbocycles. The van der Waals surface area contributed by atoms with E-state index < -0.39 is 0 Å². The fourth-order valence-corrected chi connectivity index (χ4v) is 3.20. The molecule has 26 heavy (non-hydrogen) atoms. The SMILES string of the molecule is CC(C)N1C/C(=C/c2ccc(Cl)cc2)C(=O)/C(=C\c2ccc(Cl)cc2)C1. The van der Waals surface area contributed by atoms with Gasteiger partial charge < -0.3 is 0 Å². The summed E-state index contributed by atoms with van der Waals surface area (Å²) in [5.41, 5.74) is 3.56. The second-order valence-electron chi connectivity index (χ2n) is 6.77. The normalized spacial score (nSPS) is 18.9. The first kappa shape index (κ1) is 18.9. The second kappa shape index (κ2) is 8.22. The Balaban J connectivity index is 1.95. The molecule has 2 nitrogen and oxygen atoms in total. The third-order valence-electron chi connectivity index (χ3n) is 4.48. The highest BCUT2D eigenvalue weighted by Gasteiger charge is 2.27. The van der Waals surface area contributed by atoms with E-state index in [1.54, 1.807) is 0 Å². The summed E-state index contributed by atoms with van der Waals surface area (Å²) >= 11 is 11.9. The molecule has 0 bridgehead atoms. The van der Waals surface area contributed by atoms with E-state index in [0.29, 0.717) is 29.2 Å². The molecule has 134 valence electrons. The average molecular weight is 386 g/mol. The molecule has 0 spiro atoms. The Morgan fingerprint density at radius 1 is 0.808 bits per heavy atom. The predicted octanol–water partition coefficient (Wildman–Crippen LogP) is 5.75. The Bertz CT molecular complexity index is 781. The molecule has 2 aromatic rings. The predicted molar refractivity (Wildman–Crippen MR) is 111 cm³/mol. The highest BCUT2D eigenvalue weighted by atomic mass is 35.5. The zero-order valence-corrected chi connectivity index (χ0v) is 16.4. The molecule has 1 aliphatic rings. The number of benzene rings is 2. The van der Waals surface area contributed by atoms with Gasteiger partial charge in [-0.15, -0.1) is 0 Å². The van der Waals surface area contributed by atoms with Crippen molar-refractivity contribution >= 4 is 41.1 Å². The molecule has 3 rings (SSSR count). The number of nitrogens with zero attached hydrogens (tertiary/aromatic N) is 1. The summed E-state index contributed by atoms with van der Waals surface area (Å²) in [7, 11) is 0. The lowest BCUT2D eigenvalue weighted by atomic mass is 9.93. The molecular weight excluding hydrogens is 365 g/mol. The number of ketones is 1. The number of likely N-dealkylation sites (tertiary alicyclic amines) is 1. The number of carbonyl (C=O) groups is 1. The van der Waals surface area contributed by atoms with Gasteiger partial charge in [0.05, 0.1) is 0 Å². The minimum atomic E-state index is 0.104. The van der Waals surface area contributed by atoms with Gasteiger partial charge in [-0.2, -0.15) is 0 Å². The van der Waals surface area contributed by atoms with E-state index in [4.69, 9.17) is 23.2 Å². The van der Waals surface area contributed by atoms with Crippen LogP contribution in [0, 0.1) is 0 Å². The van der Waals surface area contributed by atoms with Crippen LogP contribution < -0.4 is 0 Å². The van der Waals surface area contributed by atoms with Gasteiger partial charge in [-0.25, -0.2) is 0 Å². The minimum Gasteiger partial charge on any atom is -0.292 e. The fourth-order valence-electron chi connectivity index (χ4n) is 2.95. The van der Waals surface area contributed by atoms with Crippen LogP contribution in [0.25, 0.3) is 12.2 Å². The van der Waals surface area contributed by atoms with Gasteiger partial charge in [0, 0.05) is 40.3 Å². The molecule has 0 amide bonds. The molecule has 1 aliphatic heterocycles. The third kappa shape index (κ3) is 4.64. The number of hydrogen-bond donors (Lipinski definition) is 0. The van der Waals surface area contributed by atoms with Crippen LogP contribution >= 0.6 is 23.2 Å². The lowest BCUT2D eigenvalue weighted by Gasteiger charge is -2.32. The maximum atomic E-state index is 13.0. The summed E-state index contributed by atoms with van der Waals surface area (Å²) in [5, 5.41) is 1.38. The van der Waals surface area contributed by atoms with Crippen LogP contribution in [-0.4, -0.2) is 29.8 Å². The van der Waals surface area contributed by atoms with Crippen LogP contribution in [0.1, 0.15) is 25.0 Å². The Kier molecular flexibility index (Phi) is 5.98. The van der Waals surface area contributed by atoms with Crippen LogP contribution in [0.15, 0.2) is 59.7 Å². The number of rotatable bonds is 3. The molecule has 1 fully saturated rings. The Labute approximate surface area is 164 Å². The number of Topliss-reactive ketones (excluding diaryl/α,β-unsaturated/α-hetero) is 1. The summed E-state index contributed by atoms with van der Waals surface area (Å²) in [6.07, 6.45) is 3.92. The molecule has 0 aromatic heterocycles. The Morgan fingerprint density at radius 3 is 1.54 bits per heavy atom. The van der Waals surface area contributed by atoms with Gasteiger partial charge >= 0.3 is 0 Å². The van der Waals surface area contributed by atoms with E-state index >= 15 is 0 Å². The van der Waals surface area contributed by atoms with Gasteiger partial charge in [0.15, 0.2) is 5.78 Å². The van der Waals surface area contributed by atoms with Crippen molar-refractivity contribution in [2.45, 2.75) is 19.9 Å². The maximum absolute atomic E-state index is 13.0. The van der Waals surface area contributed by atoms with Crippen molar-refractivity contribution in [3.63, 3.8) is 0 Å². The number of halogens is 2. The van der Waals surface area contributed by atoms with Gasteiger partial charge in [-0.3, -0.25) is 9.69 Å². The fraction of sp³-hybridized carbons (Fsp3) is 0.227. The van der Waals surface area contributed by atoms with Crippen molar-refractivity contribution in [2.24, 2.45) is 0 Å². The average Bonchev–Trinajstić information content (AvgIpc) is 2.62. The number of carbonyl (C=O) groups excluding carboxylic acids is 1. The third-order valence-corrected chi connectivity index (χ3v) is 4.99. The minimum absolute atomic E-state index is 0.104. The molecule has 0 unspecified atom stereocenters. The first-order valence-corrected chi connectivity index (χ1v) is 9.39. The largest absolute Gasteiger partial charge is 0.292 e. The summed E-state index contributed by atoms with van der Waals surface area (Å²) in [5.74, 6) is 0.104. The lowest BCUT2D eigenvalue weighted by molar-refractivity contribution is -0.113. The van der Waals surface area contributed by atoms with Crippen LogP contribution in [0.3, 0.4) is 0 Å². The number of hydrogen-bond acceptors (Lipinski definition) is 2. The van der Waals surface area contributed by atoms with Crippen LogP contribution in [0.4, 0.5) is 0 Å². The topological polar surface area (TPSA) is 20.3 Å². The number of piperidine rings is 1. The molecule has 2 aromatic carbocycles. The van der Waals surface area contributed by atoms with E-state index in [2.05, 4.69) is 18.7 Å². The van der Waals surface area contributed by atoms with Gasteiger partial charge in [0.25, 0.3) is 0 Å². The van der Waals surface area contributed by atoms with Crippen molar-refractivity contribution < 1.29 is 4.79 Å². The van der Waals surface area contributed by atoms with Crippen molar-refractivity contribution in [3.8, 4) is 0 Å². The molecule has 0 radical (unpaired) electrons. The molecule has 1 saturated heterocycles. The zero-order valence-electron chi connectivity index (χ0n) is 14.9. The Morgan fingerprint density at radius 2 is 1.19 bits per heavy atom. The monoisotopic (exact) mass is 385 g/mol. The second-order valence-corrected chi connectivity index (χ2v) is 7.64. The van der Waals surface area contributed by atoms with E-state index in [9.17, 15) is 4.79 Å². The highest BCUT2D eigenvalue weighted by molar-refractivity contribution is 6.30. The molecule has 0 N–H and O–H groups in total. The molecule has 0 atom stereocenters. The zero-order chi connectivity index (χ0) is 18.7. The molecule has 4 heteroatoms. The van der Waals surface area contributed by atoms with E-state index in [-0.39, 0.29) is 5.78 Å². The summed E-state index contributed by atoms with van der Waals surface area (Å²) < 4.78 is 0. The van der Waals surface area contributed by atoms with Gasteiger partial charge in [0.1, 0.15) is 0 Å². The summed E-state index contributed by atoms with van der Waals surface area (Å²) in [6, 6.07) is 15.4. The van der Waals surface area contributed by atoms with Gasteiger partial charge in [-0.1, -0.05) is 47.5 Å². The van der Waals surface area contributed by atoms with Crippen molar-refractivity contribution in [3.05, 3.63) is 80.8 Å². The van der Waals surface area contributed by atoms with Crippen molar-refractivity contribution in [1.29, 1.82) is 0 Å². The first-order valence-electron chi connectivity index (χ1n) is 8.63.